The molecule has 0 bridgehead atoms. The lowest BCUT2D eigenvalue weighted by molar-refractivity contribution is -0.146. The molecule has 1 atom stereocenters. The van der Waals surface area contributed by atoms with Gasteiger partial charge in [0.1, 0.15) is 0 Å². The minimum Gasteiger partial charge on any atom is -0.379 e. The van der Waals surface area contributed by atoms with Crippen molar-refractivity contribution in [3.63, 3.8) is 0 Å². The summed E-state index contributed by atoms with van der Waals surface area (Å²) in [7, 11) is 0. The molecule has 3 heterocycles. The highest BCUT2D eigenvalue weighted by atomic mass is 16.5. The molecular weight excluding hydrogens is 332 g/mol. The molecule has 2 N–H and O–H groups in total. The number of nitrogens with one attached hydrogen (secondary N) is 2. The van der Waals surface area contributed by atoms with Gasteiger partial charge in [-0.2, -0.15) is 0 Å². The number of benzene rings is 2. The number of rotatable bonds is 1. The van der Waals surface area contributed by atoms with Gasteiger partial charge < -0.3 is 15.4 Å². The number of carbonyl (C=O) groups excluding carboxylic acids is 2. The standard InChI is InChI=1S/C19H18N4O3/c24-17-13-5-1-3-7-15(13)21-19(23(17)22-9-11-26-12-10-22)14-6-2-4-8-16(14)20-18(19)25/h1-8,21H,9-12H2,(H,20,25). The highest BCUT2D eigenvalue weighted by Gasteiger charge is 2.58. The first-order valence-corrected chi connectivity index (χ1v) is 8.67. The maximum absolute atomic E-state index is 13.5. The summed E-state index contributed by atoms with van der Waals surface area (Å²) >= 11 is 0. The van der Waals surface area contributed by atoms with Crippen LogP contribution in [0.3, 0.4) is 0 Å². The number of nitrogens with zero attached hydrogens (tertiary/aromatic N) is 2. The van der Waals surface area contributed by atoms with Crippen molar-refractivity contribution in [2.75, 3.05) is 36.9 Å². The van der Waals surface area contributed by atoms with Crippen molar-refractivity contribution >= 4 is 23.2 Å². The van der Waals surface area contributed by atoms with Gasteiger partial charge in [-0.25, -0.2) is 10.0 Å². The molecule has 0 saturated carbocycles. The van der Waals surface area contributed by atoms with Crippen LogP contribution in [0.15, 0.2) is 48.5 Å². The van der Waals surface area contributed by atoms with E-state index in [4.69, 9.17) is 4.74 Å². The topological polar surface area (TPSA) is 73.9 Å². The Balaban J connectivity index is 1.74. The second-order valence-corrected chi connectivity index (χ2v) is 6.56. The Hall–Kier alpha value is -2.90. The van der Waals surface area contributed by atoms with Gasteiger partial charge >= 0.3 is 0 Å². The fourth-order valence-electron chi connectivity index (χ4n) is 3.96. The summed E-state index contributed by atoms with van der Waals surface area (Å²) in [5.74, 6) is -0.443. The first-order chi connectivity index (χ1) is 12.7. The molecule has 0 radical (unpaired) electrons. The molecule has 2 aromatic carbocycles. The van der Waals surface area contributed by atoms with Gasteiger partial charge in [0.2, 0.25) is 5.66 Å². The number of amides is 2. The number of para-hydroxylation sites is 2. The molecule has 1 unspecified atom stereocenters. The Morgan fingerprint density at radius 3 is 2.42 bits per heavy atom. The number of hydrogen-bond donors (Lipinski definition) is 2. The molecular formula is C19H18N4O3. The molecule has 7 nitrogen and oxygen atoms in total. The van der Waals surface area contributed by atoms with E-state index in [1.807, 2.05) is 47.5 Å². The van der Waals surface area contributed by atoms with Gasteiger partial charge in [0.25, 0.3) is 11.8 Å². The number of morpholine rings is 1. The van der Waals surface area contributed by atoms with Crippen molar-refractivity contribution in [3.8, 4) is 0 Å². The molecule has 1 saturated heterocycles. The van der Waals surface area contributed by atoms with E-state index in [9.17, 15) is 9.59 Å². The molecule has 3 aliphatic rings. The molecule has 0 aromatic heterocycles. The van der Waals surface area contributed by atoms with Crippen LogP contribution in [-0.2, 0) is 15.2 Å². The normalized spacial score (nSPS) is 24.8. The van der Waals surface area contributed by atoms with Gasteiger partial charge in [-0.15, -0.1) is 0 Å². The third kappa shape index (κ3) is 1.95. The molecule has 2 amide bonds. The Morgan fingerprint density at radius 1 is 0.923 bits per heavy atom. The fourth-order valence-corrected chi connectivity index (χ4v) is 3.96. The first kappa shape index (κ1) is 15.4. The molecule has 2 aromatic rings. The van der Waals surface area contributed by atoms with Crippen LogP contribution in [0.4, 0.5) is 11.4 Å². The third-order valence-electron chi connectivity index (χ3n) is 5.15. The second kappa shape index (κ2) is 5.55. The summed E-state index contributed by atoms with van der Waals surface area (Å²) in [6.45, 7) is 2.13. The Kier molecular flexibility index (Phi) is 3.28. The van der Waals surface area contributed by atoms with Crippen LogP contribution >= 0.6 is 0 Å². The van der Waals surface area contributed by atoms with Crippen molar-refractivity contribution in [2.45, 2.75) is 5.66 Å². The zero-order chi connectivity index (χ0) is 17.7. The third-order valence-corrected chi connectivity index (χ3v) is 5.15. The number of ether oxygens (including phenoxy) is 1. The van der Waals surface area contributed by atoms with Crippen LogP contribution < -0.4 is 10.6 Å². The quantitative estimate of drug-likeness (QED) is 0.817. The van der Waals surface area contributed by atoms with Crippen molar-refractivity contribution in [1.82, 2.24) is 10.0 Å². The van der Waals surface area contributed by atoms with E-state index in [1.165, 1.54) is 0 Å². The average molecular weight is 350 g/mol. The minimum absolute atomic E-state index is 0.187. The predicted molar refractivity (Wildman–Crippen MR) is 95.4 cm³/mol. The van der Waals surface area contributed by atoms with Gasteiger partial charge in [0.15, 0.2) is 0 Å². The zero-order valence-corrected chi connectivity index (χ0v) is 14.1. The fraction of sp³-hybridized carbons (Fsp3) is 0.263. The van der Waals surface area contributed by atoms with E-state index in [-0.39, 0.29) is 11.8 Å². The average Bonchev–Trinajstić information content (AvgIpc) is 2.95. The van der Waals surface area contributed by atoms with Crippen molar-refractivity contribution in [2.24, 2.45) is 0 Å². The number of hydrazine groups is 1. The lowest BCUT2D eigenvalue weighted by Crippen LogP contribution is -2.68. The van der Waals surface area contributed by atoms with Crippen molar-refractivity contribution < 1.29 is 14.3 Å². The number of fused-ring (bicyclic) bond motifs is 3. The van der Waals surface area contributed by atoms with E-state index >= 15 is 0 Å². The minimum atomic E-state index is -1.29. The Morgan fingerprint density at radius 2 is 1.62 bits per heavy atom. The van der Waals surface area contributed by atoms with Crippen LogP contribution in [-0.4, -0.2) is 48.1 Å². The van der Waals surface area contributed by atoms with E-state index < -0.39 is 5.66 Å². The summed E-state index contributed by atoms with van der Waals surface area (Å²) in [5, 5.41) is 9.79. The van der Waals surface area contributed by atoms with Gasteiger partial charge in [-0.1, -0.05) is 30.3 Å². The second-order valence-electron chi connectivity index (χ2n) is 6.56. The van der Waals surface area contributed by atoms with E-state index in [0.717, 1.165) is 11.3 Å². The highest BCUT2D eigenvalue weighted by Crippen LogP contribution is 2.45. The van der Waals surface area contributed by atoms with Gasteiger partial charge in [0.05, 0.1) is 18.8 Å². The van der Waals surface area contributed by atoms with Crippen molar-refractivity contribution in [3.05, 3.63) is 59.7 Å². The molecule has 1 spiro atoms. The predicted octanol–water partition coefficient (Wildman–Crippen LogP) is 1.61. The van der Waals surface area contributed by atoms with Crippen LogP contribution in [0.1, 0.15) is 15.9 Å². The largest absolute Gasteiger partial charge is 0.379 e. The monoisotopic (exact) mass is 350 g/mol. The number of hydrogen-bond acceptors (Lipinski definition) is 5. The van der Waals surface area contributed by atoms with E-state index in [0.29, 0.717) is 37.6 Å². The van der Waals surface area contributed by atoms with Gasteiger partial charge in [-0.3, -0.25) is 9.59 Å². The molecule has 5 rings (SSSR count). The molecule has 7 heteroatoms. The van der Waals surface area contributed by atoms with Gasteiger partial charge in [-0.05, 0) is 18.2 Å². The summed E-state index contributed by atoms with van der Waals surface area (Å²) in [6, 6.07) is 14.8. The number of carbonyl (C=O) groups is 2. The van der Waals surface area contributed by atoms with E-state index in [2.05, 4.69) is 10.6 Å². The highest BCUT2D eigenvalue weighted by molar-refractivity contribution is 6.14. The summed E-state index contributed by atoms with van der Waals surface area (Å²) < 4.78 is 5.44. The van der Waals surface area contributed by atoms with Crippen LogP contribution in [0.5, 0.6) is 0 Å². The molecule has 132 valence electrons. The van der Waals surface area contributed by atoms with Crippen LogP contribution in [0.25, 0.3) is 0 Å². The summed E-state index contributed by atoms with van der Waals surface area (Å²) in [6.07, 6.45) is 0. The van der Waals surface area contributed by atoms with Crippen LogP contribution in [0.2, 0.25) is 0 Å². The zero-order valence-electron chi connectivity index (χ0n) is 14.1. The Bertz CT molecular complexity index is 909. The van der Waals surface area contributed by atoms with Crippen LogP contribution in [0, 0.1) is 0 Å². The number of anilines is 2. The smallest absolute Gasteiger partial charge is 0.277 e. The molecule has 3 aliphatic heterocycles. The van der Waals surface area contributed by atoms with Gasteiger partial charge in [0, 0.05) is 30.0 Å². The summed E-state index contributed by atoms with van der Waals surface area (Å²) in [4.78, 5) is 26.6. The van der Waals surface area contributed by atoms with Crippen molar-refractivity contribution in [1.29, 1.82) is 0 Å². The van der Waals surface area contributed by atoms with E-state index in [1.54, 1.807) is 11.1 Å². The lowest BCUT2D eigenvalue weighted by atomic mass is 9.94. The lowest BCUT2D eigenvalue weighted by Gasteiger charge is -2.50. The first-order valence-electron chi connectivity index (χ1n) is 8.67. The maximum atomic E-state index is 13.5. The molecule has 26 heavy (non-hydrogen) atoms. The molecule has 1 fully saturated rings. The maximum Gasteiger partial charge on any atom is 0.277 e. The SMILES string of the molecule is O=C1c2ccccc2NC2(C(=O)Nc3ccccc32)N1N1CCOCC1. The molecule has 0 aliphatic carbocycles. The summed E-state index contributed by atoms with van der Waals surface area (Å²) in [5.41, 5.74) is 1.39. The Labute approximate surface area is 150 Å².